The van der Waals surface area contributed by atoms with Crippen molar-refractivity contribution in [2.45, 2.75) is 18.3 Å². The molecule has 108 valence electrons. The monoisotopic (exact) mass is 297 g/mol. The van der Waals surface area contributed by atoms with Crippen molar-refractivity contribution in [1.29, 1.82) is 0 Å². The summed E-state index contributed by atoms with van der Waals surface area (Å²) in [7, 11) is 1.43. The average molecular weight is 297 g/mol. The molecule has 1 heterocycles. The fourth-order valence-corrected chi connectivity index (χ4v) is 3.72. The maximum Gasteiger partial charge on any atom is 0.327 e. The van der Waals surface area contributed by atoms with Crippen molar-refractivity contribution in [3.8, 4) is 11.5 Å². The first-order valence-corrected chi connectivity index (χ1v) is 7.01. The van der Waals surface area contributed by atoms with Gasteiger partial charge >= 0.3 is 5.97 Å². The fraction of sp³-hybridized carbons (Fsp3) is 0.385. The largest absolute Gasteiger partial charge is 0.504 e. The first kappa shape index (κ1) is 14.5. The number of ether oxygens (including phenoxy) is 1. The molecule has 0 aliphatic carbocycles. The number of thioether (sulfide) groups is 1. The zero-order chi connectivity index (χ0) is 14.9. The lowest BCUT2D eigenvalue weighted by molar-refractivity contribution is -0.148. The van der Waals surface area contributed by atoms with Gasteiger partial charge in [0.15, 0.2) is 11.5 Å². The van der Waals surface area contributed by atoms with Crippen molar-refractivity contribution in [2.75, 3.05) is 12.9 Å². The number of amides is 1. The Kier molecular flexibility index (Phi) is 4.08. The number of phenolic OH excluding ortho intramolecular Hbond substituents is 1. The van der Waals surface area contributed by atoms with Crippen molar-refractivity contribution in [3.63, 3.8) is 0 Å². The minimum atomic E-state index is -1.04. The molecule has 0 saturated carbocycles. The van der Waals surface area contributed by atoms with Crippen LogP contribution < -0.4 is 4.74 Å². The number of hydrogen-bond acceptors (Lipinski definition) is 5. The number of para-hydroxylation sites is 1. The molecule has 1 saturated heterocycles. The van der Waals surface area contributed by atoms with Crippen LogP contribution in [-0.2, 0) is 9.59 Å². The Bertz CT molecular complexity index is 548. The summed E-state index contributed by atoms with van der Waals surface area (Å²) in [5.41, 5.74) is 0.480. The van der Waals surface area contributed by atoms with Gasteiger partial charge in [0.25, 0.3) is 0 Å². The quantitative estimate of drug-likeness (QED) is 0.878. The van der Waals surface area contributed by atoms with E-state index >= 15 is 0 Å². The van der Waals surface area contributed by atoms with Gasteiger partial charge in [-0.3, -0.25) is 4.79 Å². The van der Waals surface area contributed by atoms with Gasteiger partial charge in [-0.25, -0.2) is 4.79 Å². The highest BCUT2D eigenvalue weighted by molar-refractivity contribution is 7.99. The number of aromatic hydroxyl groups is 1. The molecular weight excluding hydrogens is 282 g/mol. The third-order valence-electron chi connectivity index (χ3n) is 3.17. The lowest BCUT2D eigenvalue weighted by atomic mass is 10.1. The second kappa shape index (κ2) is 5.62. The van der Waals surface area contributed by atoms with Crippen LogP contribution in [0.5, 0.6) is 11.5 Å². The van der Waals surface area contributed by atoms with E-state index in [1.807, 2.05) is 0 Å². The van der Waals surface area contributed by atoms with E-state index in [1.165, 1.54) is 30.7 Å². The summed E-state index contributed by atoms with van der Waals surface area (Å²) in [6, 6.07) is 4.08. The van der Waals surface area contributed by atoms with Gasteiger partial charge in [-0.2, -0.15) is 0 Å². The molecule has 6 nitrogen and oxygen atoms in total. The van der Waals surface area contributed by atoms with Gasteiger partial charge in [-0.05, 0) is 6.07 Å². The number of hydrogen-bond donors (Lipinski definition) is 2. The first-order chi connectivity index (χ1) is 9.47. The fourth-order valence-electron chi connectivity index (χ4n) is 2.22. The molecule has 1 aromatic carbocycles. The van der Waals surface area contributed by atoms with Gasteiger partial charge in [0.2, 0.25) is 5.91 Å². The predicted octanol–water partition coefficient (Wildman–Crippen LogP) is 1.45. The Morgan fingerprint density at radius 1 is 1.45 bits per heavy atom. The molecule has 0 spiro atoms. The van der Waals surface area contributed by atoms with Crippen LogP contribution in [-0.4, -0.2) is 45.9 Å². The Morgan fingerprint density at radius 3 is 2.70 bits per heavy atom. The number of carbonyl (C=O) groups excluding carboxylic acids is 1. The first-order valence-electron chi connectivity index (χ1n) is 5.96. The molecule has 7 heteroatoms. The highest BCUT2D eigenvalue weighted by atomic mass is 32.2. The Balaban J connectivity index is 2.42. The molecule has 20 heavy (non-hydrogen) atoms. The Labute approximate surface area is 120 Å². The minimum Gasteiger partial charge on any atom is -0.504 e. The summed E-state index contributed by atoms with van der Waals surface area (Å²) < 4.78 is 5.04. The SMILES string of the molecule is COc1cccc(C2SC[C@H](C(=O)O)N2C(C)=O)c1O. The number of benzene rings is 1. The molecule has 1 unspecified atom stereocenters. The Morgan fingerprint density at radius 2 is 2.15 bits per heavy atom. The van der Waals surface area contributed by atoms with Gasteiger partial charge < -0.3 is 19.8 Å². The summed E-state index contributed by atoms with van der Waals surface area (Å²) in [6.45, 7) is 1.33. The van der Waals surface area contributed by atoms with Crippen LogP contribution >= 0.6 is 11.8 Å². The zero-order valence-electron chi connectivity index (χ0n) is 11.1. The summed E-state index contributed by atoms with van der Waals surface area (Å²) >= 11 is 1.31. The molecule has 1 aliphatic heterocycles. The molecule has 1 aromatic rings. The highest BCUT2D eigenvalue weighted by Gasteiger charge is 2.42. The van der Waals surface area contributed by atoms with E-state index in [9.17, 15) is 19.8 Å². The van der Waals surface area contributed by atoms with Crippen LogP contribution in [0.1, 0.15) is 17.9 Å². The second-order valence-corrected chi connectivity index (χ2v) is 5.48. The number of phenols is 1. The van der Waals surface area contributed by atoms with Crippen molar-refractivity contribution in [2.24, 2.45) is 0 Å². The van der Waals surface area contributed by atoms with Crippen molar-refractivity contribution >= 4 is 23.6 Å². The van der Waals surface area contributed by atoms with Gasteiger partial charge in [0.05, 0.1) is 7.11 Å². The van der Waals surface area contributed by atoms with E-state index in [4.69, 9.17) is 4.74 Å². The molecule has 0 bridgehead atoms. The predicted molar refractivity (Wildman–Crippen MR) is 73.8 cm³/mol. The lowest BCUT2D eigenvalue weighted by Crippen LogP contribution is -2.41. The number of carboxylic acid groups (broad SMARTS) is 1. The topological polar surface area (TPSA) is 87.1 Å². The van der Waals surface area contributed by atoms with E-state index in [2.05, 4.69) is 0 Å². The van der Waals surface area contributed by atoms with Gasteiger partial charge in [-0.15, -0.1) is 11.8 Å². The molecule has 2 N–H and O–H groups in total. The smallest absolute Gasteiger partial charge is 0.327 e. The van der Waals surface area contributed by atoms with Crippen LogP contribution in [0, 0.1) is 0 Å². The molecule has 0 radical (unpaired) electrons. The van der Waals surface area contributed by atoms with Crippen LogP contribution in [0.3, 0.4) is 0 Å². The third kappa shape index (κ3) is 2.40. The molecule has 1 amide bonds. The van der Waals surface area contributed by atoms with Crippen LogP contribution in [0.4, 0.5) is 0 Å². The second-order valence-electron chi connectivity index (χ2n) is 4.36. The molecular formula is C13H15NO5S. The van der Waals surface area contributed by atoms with Crippen molar-refractivity contribution in [3.05, 3.63) is 23.8 Å². The molecule has 1 aliphatic rings. The van der Waals surface area contributed by atoms with E-state index in [-0.39, 0.29) is 17.4 Å². The van der Waals surface area contributed by atoms with Crippen LogP contribution in [0.15, 0.2) is 18.2 Å². The van der Waals surface area contributed by atoms with Gasteiger partial charge in [-0.1, -0.05) is 12.1 Å². The number of carboxylic acids is 1. The molecule has 0 aromatic heterocycles. The molecule has 1 fully saturated rings. The van der Waals surface area contributed by atoms with Crippen LogP contribution in [0.25, 0.3) is 0 Å². The summed E-state index contributed by atoms with van der Waals surface area (Å²) in [5, 5.41) is 18.8. The third-order valence-corrected chi connectivity index (χ3v) is 4.47. The average Bonchev–Trinajstić information content (AvgIpc) is 2.83. The number of methoxy groups -OCH3 is 1. The summed E-state index contributed by atoms with van der Waals surface area (Å²) in [6.07, 6.45) is 0. The van der Waals surface area contributed by atoms with E-state index in [0.717, 1.165) is 0 Å². The van der Waals surface area contributed by atoms with Crippen molar-refractivity contribution < 1.29 is 24.5 Å². The Hall–Kier alpha value is -1.89. The number of rotatable bonds is 3. The minimum absolute atomic E-state index is 0.0650. The van der Waals surface area contributed by atoms with Gasteiger partial charge in [0, 0.05) is 18.2 Å². The van der Waals surface area contributed by atoms with E-state index < -0.39 is 17.4 Å². The maximum absolute atomic E-state index is 11.7. The zero-order valence-corrected chi connectivity index (χ0v) is 11.9. The van der Waals surface area contributed by atoms with Crippen LogP contribution in [0.2, 0.25) is 0 Å². The standard InChI is InChI=1S/C13H15NO5S/c1-7(15)14-9(13(17)18)6-20-12(14)8-4-3-5-10(19-2)11(8)16/h3-5,9,12,16H,6H2,1-2H3,(H,17,18)/t9-,12?/m1/s1. The summed E-state index contributed by atoms with van der Waals surface area (Å²) in [5.74, 6) is -0.863. The number of aliphatic carboxylic acids is 1. The number of nitrogens with zero attached hydrogens (tertiary/aromatic N) is 1. The molecule has 2 atom stereocenters. The lowest BCUT2D eigenvalue weighted by Gasteiger charge is -2.27. The highest BCUT2D eigenvalue weighted by Crippen LogP contribution is 2.46. The van der Waals surface area contributed by atoms with E-state index in [1.54, 1.807) is 18.2 Å². The normalized spacial score (nSPS) is 21.8. The number of carbonyl (C=O) groups is 2. The summed E-state index contributed by atoms with van der Waals surface area (Å²) in [4.78, 5) is 24.2. The van der Waals surface area contributed by atoms with Crippen molar-refractivity contribution in [1.82, 2.24) is 4.90 Å². The van der Waals surface area contributed by atoms with Gasteiger partial charge in [0.1, 0.15) is 11.4 Å². The maximum atomic E-state index is 11.7. The van der Waals surface area contributed by atoms with E-state index in [0.29, 0.717) is 11.3 Å². The molecule has 2 rings (SSSR count).